The lowest BCUT2D eigenvalue weighted by Crippen LogP contribution is -2.34. The molecule has 1 atom stereocenters. The molecule has 4 rings (SSSR count). The smallest absolute Gasteiger partial charge is 0.265 e. The molecule has 8 heteroatoms. The molecule has 0 aliphatic carbocycles. The van der Waals surface area contributed by atoms with E-state index >= 15 is 0 Å². The number of amides is 2. The molecular weight excluding hydrogens is 334 g/mol. The van der Waals surface area contributed by atoms with Crippen molar-refractivity contribution in [1.29, 1.82) is 0 Å². The highest BCUT2D eigenvalue weighted by Gasteiger charge is 2.23. The average molecular weight is 349 g/mol. The number of anilines is 2. The first-order valence-corrected chi connectivity index (χ1v) is 7.98. The molecule has 0 spiro atoms. The van der Waals surface area contributed by atoms with E-state index < -0.39 is 6.10 Å². The van der Waals surface area contributed by atoms with Crippen LogP contribution in [0.25, 0.3) is 5.69 Å². The highest BCUT2D eigenvalue weighted by atomic mass is 16.5. The monoisotopic (exact) mass is 349 g/mol. The predicted molar refractivity (Wildman–Crippen MR) is 94.5 cm³/mol. The maximum absolute atomic E-state index is 12.4. The largest absolute Gasteiger partial charge is 0.479 e. The number of aromatic nitrogens is 3. The van der Waals surface area contributed by atoms with Gasteiger partial charge in [0.1, 0.15) is 18.4 Å². The van der Waals surface area contributed by atoms with Gasteiger partial charge >= 0.3 is 0 Å². The second kappa shape index (κ2) is 6.32. The van der Waals surface area contributed by atoms with Crippen molar-refractivity contribution in [2.45, 2.75) is 13.0 Å². The lowest BCUT2D eigenvalue weighted by Gasteiger charge is -2.23. The molecule has 2 N–H and O–H groups in total. The van der Waals surface area contributed by atoms with Gasteiger partial charge in [-0.1, -0.05) is 0 Å². The highest BCUT2D eigenvalue weighted by molar-refractivity contribution is 6.05. The van der Waals surface area contributed by atoms with Gasteiger partial charge in [0.2, 0.25) is 0 Å². The average Bonchev–Trinajstić information content (AvgIpc) is 3.18. The summed E-state index contributed by atoms with van der Waals surface area (Å²) in [6.07, 6.45) is 2.49. The molecule has 0 saturated heterocycles. The van der Waals surface area contributed by atoms with Crippen molar-refractivity contribution in [2.24, 2.45) is 0 Å². The third kappa shape index (κ3) is 3.00. The summed E-state index contributed by atoms with van der Waals surface area (Å²) in [6, 6.07) is 12.1. The molecule has 0 bridgehead atoms. The summed E-state index contributed by atoms with van der Waals surface area (Å²) in [5.74, 6) is 0.100. The Kier molecular flexibility index (Phi) is 3.85. The molecule has 0 radical (unpaired) electrons. The topological polar surface area (TPSA) is 98.1 Å². The zero-order chi connectivity index (χ0) is 18.1. The number of benzene rings is 2. The summed E-state index contributed by atoms with van der Waals surface area (Å²) in [6.45, 7) is 1.68. The predicted octanol–water partition coefficient (Wildman–Crippen LogP) is 2.24. The summed E-state index contributed by atoms with van der Waals surface area (Å²) < 4.78 is 7.11. The number of nitrogens with one attached hydrogen (secondary N) is 2. The quantitative estimate of drug-likeness (QED) is 0.756. The summed E-state index contributed by atoms with van der Waals surface area (Å²) in [4.78, 5) is 28.0. The number of rotatable bonds is 3. The number of hydrogen-bond acceptors (Lipinski definition) is 5. The maximum Gasteiger partial charge on any atom is 0.265 e. The van der Waals surface area contributed by atoms with E-state index in [1.807, 2.05) is 0 Å². The minimum atomic E-state index is -0.536. The molecule has 8 nitrogen and oxygen atoms in total. The van der Waals surface area contributed by atoms with Crippen molar-refractivity contribution >= 4 is 23.2 Å². The highest BCUT2D eigenvalue weighted by Crippen LogP contribution is 2.32. The molecular formula is C18H15N5O3. The van der Waals surface area contributed by atoms with Gasteiger partial charge in [-0.3, -0.25) is 9.59 Å². The van der Waals surface area contributed by atoms with Gasteiger partial charge in [0.25, 0.3) is 11.8 Å². The fourth-order valence-electron chi connectivity index (χ4n) is 2.60. The third-order valence-electron chi connectivity index (χ3n) is 3.98. The second-order valence-corrected chi connectivity index (χ2v) is 5.80. The van der Waals surface area contributed by atoms with Crippen LogP contribution in [0, 0.1) is 0 Å². The second-order valence-electron chi connectivity index (χ2n) is 5.80. The summed E-state index contributed by atoms with van der Waals surface area (Å²) in [5, 5.41) is 9.60. The van der Waals surface area contributed by atoms with Crippen molar-refractivity contribution < 1.29 is 14.3 Å². The summed E-state index contributed by atoms with van der Waals surface area (Å²) in [7, 11) is 0. The standard InChI is InChI=1S/C18H15N5O3/c1-11-17(24)22-15-8-13(4-7-16(15)26-11)21-18(25)12-2-5-14(6-3-12)23-10-19-9-20-23/h2-11H,1H3,(H,21,25)(H,22,24). The number of ether oxygens (including phenoxy) is 1. The molecule has 3 aromatic rings. The van der Waals surface area contributed by atoms with Crippen molar-refractivity contribution in [2.75, 3.05) is 10.6 Å². The third-order valence-corrected chi connectivity index (χ3v) is 3.98. The van der Waals surface area contributed by atoms with Crippen LogP contribution in [0.2, 0.25) is 0 Å². The van der Waals surface area contributed by atoms with Crippen molar-refractivity contribution in [1.82, 2.24) is 14.8 Å². The molecule has 26 heavy (non-hydrogen) atoms. The molecule has 1 aromatic heterocycles. The molecule has 0 fully saturated rings. The van der Waals surface area contributed by atoms with Gasteiger partial charge in [0, 0.05) is 11.3 Å². The molecule has 2 amide bonds. The van der Waals surface area contributed by atoms with Crippen LogP contribution in [0.3, 0.4) is 0 Å². The van der Waals surface area contributed by atoms with Gasteiger partial charge in [-0.15, -0.1) is 0 Å². The maximum atomic E-state index is 12.4. The van der Waals surface area contributed by atoms with Gasteiger partial charge < -0.3 is 15.4 Å². The van der Waals surface area contributed by atoms with E-state index in [1.54, 1.807) is 60.4 Å². The van der Waals surface area contributed by atoms with Crippen LogP contribution in [0.15, 0.2) is 55.1 Å². The number of carbonyl (C=O) groups is 2. The van der Waals surface area contributed by atoms with Crippen molar-refractivity contribution in [3.8, 4) is 11.4 Å². The van der Waals surface area contributed by atoms with Gasteiger partial charge in [-0.05, 0) is 49.4 Å². The van der Waals surface area contributed by atoms with E-state index in [2.05, 4.69) is 20.7 Å². The zero-order valence-corrected chi connectivity index (χ0v) is 13.8. The Morgan fingerprint density at radius 2 is 2.04 bits per heavy atom. The van der Waals surface area contributed by atoms with Crippen LogP contribution in [0.4, 0.5) is 11.4 Å². The number of nitrogens with zero attached hydrogens (tertiary/aromatic N) is 3. The van der Waals surface area contributed by atoms with Crippen LogP contribution >= 0.6 is 0 Å². The summed E-state index contributed by atoms with van der Waals surface area (Å²) >= 11 is 0. The van der Waals surface area contributed by atoms with Crippen LogP contribution < -0.4 is 15.4 Å². The van der Waals surface area contributed by atoms with E-state index in [-0.39, 0.29) is 11.8 Å². The zero-order valence-electron chi connectivity index (χ0n) is 13.8. The first-order chi connectivity index (χ1) is 12.6. The minimum absolute atomic E-state index is 0.218. The van der Waals surface area contributed by atoms with E-state index in [0.29, 0.717) is 22.7 Å². The minimum Gasteiger partial charge on any atom is -0.479 e. The fraction of sp³-hybridized carbons (Fsp3) is 0.111. The number of hydrogen-bond donors (Lipinski definition) is 2. The Morgan fingerprint density at radius 3 is 2.77 bits per heavy atom. The van der Waals surface area contributed by atoms with Crippen LogP contribution in [-0.4, -0.2) is 32.7 Å². The Morgan fingerprint density at radius 1 is 1.23 bits per heavy atom. The van der Waals surface area contributed by atoms with E-state index in [1.165, 1.54) is 6.33 Å². The van der Waals surface area contributed by atoms with E-state index in [9.17, 15) is 9.59 Å². The summed E-state index contributed by atoms with van der Waals surface area (Å²) in [5.41, 5.74) is 2.40. The lowest BCUT2D eigenvalue weighted by atomic mass is 10.1. The Balaban J connectivity index is 1.50. The van der Waals surface area contributed by atoms with E-state index in [4.69, 9.17) is 4.74 Å². The van der Waals surface area contributed by atoms with Gasteiger partial charge in [0.05, 0.1) is 11.4 Å². The van der Waals surface area contributed by atoms with Crippen molar-refractivity contribution in [3.05, 3.63) is 60.7 Å². The molecule has 130 valence electrons. The van der Waals surface area contributed by atoms with E-state index in [0.717, 1.165) is 5.69 Å². The van der Waals surface area contributed by atoms with Crippen LogP contribution in [-0.2, 0) is 4.79 Å². The Bertz CT molecular complexity index is 967. The molecule has 2 aromatic carbocycles. The first kappa shape index (κ1) is 15.8. The fourth-order valence-corrected chi connectivity index (χ4v) is 2.60. The van der Waals surface area contributed by atoms with Crippen LogP contribution in [0.5, 0.6) is 5.75 Å². The Hall–Kier alpha value is -3.68. The number of fused-ring (bicyclic) bond motifs is 1. The first-order valence-electron chi connectivity index (χ1n) is 7.98. The molecule has 0 saturated carbocycles. The van der Waals surface area contributed by atoms with Gasteiger partial charge in [-0.2, -0.15) is 5.10 Å². The SMILES string of the molecule is CC1Oc2ccc(NC(=O)c3ccc(-n4cncn4)cc3)cc2NC1=O. The van der Waals surface area contributed by atoms with Crippen molar-refractivity contribution in [3.63, 3.8) is 0 Å². The molecule has 1 aliphatic heterocycles. The molecule has 1 aliphatic rings. The lowest BCUT2D eigenvalue weighted by molar-refractivity contribution is -0.122. The van der Waals surface area contributed by atoms with Gasteiger partial charge in [-0.25, -0.2) is 9.67 Å². The molecule has 2 heterocycles. The molecule has 1 unspecified atom stereocenters. The Labute approximate surface area is 148 Å². The number of carbonyl (C=O) groups excluding carboxylic acids is 2. The van der Waals surface area contributed by atoms with Gasteiger partial charge in [0.15, 0.2) is 6.10 Å². The van der Waals surface area contributed by atoms with Crippen LogP contribution in [0.1, 0.15) is 17.3 Å². The normalized spacial score (nSPS) is 15.6.